The summed E-state index contributed by atoms with van der Waals surface area (Å²) >= 11 is 0. The van der Waals surface area contributed by atoms with Crippen LogP contribution >= 0.6 is 0 Å². The predicted octanol–water partition coefficient (Wildman–Crippen LogP) is 2.67. The van der Waals surface area contributed by atoms with E-state index in [2.05, 4.69) is 19.9 Å². The number of nitrogens with zero attached hydrogens (tertiary/aromatic N) is 5. The van der Waals surface area contributed by atoms with E-state index in [0.717, 1.165) is 53.4 Å². The van der Waals surface area contributed by atoms with Crippen LogP contribution < -0.4 is 4.90 Å². The molecular formula is C19H20N6O2. The lowest BCUT2D eigenvalue weighted by Gasteiger charge is -2.34. The van der Waals surface area contributed by atoms with Crippen LogP contribution in [-0.4, -0.2) is 58.7 Å². The average Bonchev–Trinajstić information content (AvgIpc) is 3.17. The Morgan fingerprint density at radius 1 is 1.41 bits per heavy atom. The Morgan fingerprint density at radius 2 is 2.22 bits per heavy atom. The monoisotopic (exact) mass is 364 g/mol. The number of anilines is 1. The largest absolute Gasteiger partial charge is 0.446 e. The van der Waals surface area contributed by atoms with Crippen LogP contribution in [0.2, 0.25) is 0 Å². The number of piperidine rings is 1. The fourth-order valence-corrected chi connectivity index (χ4v) is 3.52. The average molecular weight is 364 g/mol. The van der Waals surface area contributed by atoms with E-state index in [1.54, 1.807) is 7.05 Å². The molecule has 138 valence electrons. The first-order valence-corrected chi connectivity index (χ1v) is 8.91. The third-order valence-corrected chi connectivity index (χ3v) is 4.95. The van der Waals surface area contributed by atoms with Crippen LogP contribution in [0.3, 0.4) is 0 Å². The minimum Gasteiger partial charge on any atom is -0.446 e. The van der Waals surface area contributed by atoms with Crippen LogP contribution in [0.5, 0.6) is 0 Å². The van der Waals surface area contributed by atoms with Gasteiger partial charge in [-0.15, -0.1) is 0 Å². The van der Waals surface area contributed by atoms with Crippen LogP contribution in [0, 0.1) is 11.3 Å². The zero-order valence-electron chi connectivity index (χ0n) is 15.1. The molecule has 1 aliphatic heterocycles. The van der Waals surface area contributed by atoms with Gasteiger partial charge in [0.15, 0.2) is 0 Å². The molecule has 3 aromatic heterocycles. The number of pyridine rings is 2. The van der Waals surface area contributed by atoms with Crippen LogP contribution in [0.1, 0.15) is 12.8 Å². The highest BCUT2D eigenvalue weighted by Gasteiger charge is 2.25. The molecular weight excluding hydrogens is 344 g/mol. The Hall–Kier alpha value is -3.34. The van der Waals surface area contributed by atoms with Crippen LogP contribution in [0.4, 0.5) is 10.5 Å². The first kappa shape index (κ1) is 17.1. The van der Waals surface area contributed by atoms with Crippen molar-refractivity contribution in [3.05, 3.63) is 30.9 Å². The molecule has 1 amide bonds. The van der Waals surface area contributed by atoms with E-state index in [1.807, 2.05) is 36.9 Å². The summed E-state index contributed by atoms with van der Waals surface area (Å²) < 4.78 is 5.51. The van der Waals surface area contributed by atoms with Gasteiger partial charge < -0.3 is 14.6 Å². The lowest BCUT2D eigenvalue weighted by atomic mass is 10.0. The van der Waals surface area contributed by atoms with Crippen molar-refractivity contribution in [2.45, 2.75) is 18.9 Å². The van der Waals surface area contributed by atoms with Gasteiger partial charge in [0, 0.05) is 67.7 Å². The topological polar surface area (TPSA) is 98.1 Å². The summed E-state index contributed by atoms with van der Waals surface area (Å²) in [6.07, 6.45) is 8.36. The summed E-state index contributed by atoms with van der Waals surface area (Å²) in [4.78, 5) is 27.5. The maximum atomic E-state index is 12.0. The number of nitriles is 1. The SMILES string of the molecule is CN(CC#N)C(=O)OC1CCN(c2cncc3cnc4[nH]ccc4c23)CC1. The molecule has 0 aliphatic carbocycles. The highest BCUT2D eigenvalue weighted by atomic mass is 16.6. The minimum atomic E-state index is -0.443. The number of rotatable bonds is 3. The number of hydrogen-bond donors (Lipinski definition) is 1. The number of carbonyl (C=O) groups is 1. The number of aromatic amines is 1. The van der Waals surface area contributed by atoms with E-state index in [0.29, 0.717) is 0 Å². The van der Waals surface area contributed by atoms with Crippen LogP contribution in [0.25, 0.3) is 21.8 Å². The van der Waals surface area contributed by atoms with E-state index in [9.17, 15) is 4.79 Å². The van der Waals surface area contributed by atoms with Crippen molar-refractivity contribution in [2.75, 3.05) is 31.6 Å². The fraction of sp³-hybridized carbons (Fsp3) is 0.368. The Bertz CT molecular complexity index is 1020. The fourth-order valence-electron chi connectivity index (χ4n) is 3.52. The van der Waals surface area contributed by atoms with E-state index < -0.39 is 6.09 Å². The highest BCUT2D eigenvalue weighted by Crippen LogP contribution is 2.33. The molecule has 1 saturated heterocycles. The number of carbonyl (C=O) groups excluding carboxylic acids is 1. The molecule has 0 bridgehead atoms. The first-order chi connectivity index (χ1) is 13.2. The molecule has 0 aromatic carbocycles. The second-order valence-corrected chi connectivity index (χ2v) is 6.71. The Kier molecular flexibility index (Phi) is 4.50. The van der Waals surface area contributed by atoms with Gasteiger partial charge in [-0.2, -0.15) is 5.26 Å². The van der Waals surface area contributed by atoms with Gasteiger partial charge in [-0.25, -0.2) is 9.78 Å². The summed E-state index contributed by atoms with van der Waals surface area (Å²) in [6, 6.07) is 3.98. The molecule has 1 aliphatic rings. The van der Waals surface area contributed by atoms with E-state index >= 15 is 0 Å². The number of nitrogens with one attached hydrogen (secondary N) is 1. The summed E-state index contributed by atoms with van der Waals surface area (Å²) in [5.41, 5.74) is 1.94. The third kappa shape index (κ3) is 3.24. The van der Waals surface area contributed by atoms with Gasteiger partial charge in [0.1, 0.15) is 18.3 Å². The first-order valence-electron chi connectivity index (χ1n) is 8.91. The van der Waals surface area contributed by atoms with Gasteiger partial charge in [0.2, 0.25) is 0 Å². The van der Waals surface area contributed by atoms with Gasteiger partial charge in [-0.1, -0.05) is 0 Å². The number of amides is 1. The lowest BCUT2D eigenvalue weighted by molar-refractivity contribution is 0.0602. The number of ether oxygens (including phenoxy) is 1. The third-order valence-electron chi connectivity index (χ3n) is 4.95. The highest BCUT2D eigenvalue weighted by molar-refractivity contribution is 6.10. The molecule has 1 N–H and O–H groups in total. The second kappa shape index (κ2) is 7.11. The van der Waals surface area contributed by atoms with Gasteiger partial charge in [0.05, 0.1) is 18.0 Å². The zero-order valence-corrected chi connectivity index (χ0v) is 15.1. The van der Waals surface area contributed by atoms with Crippen molar-refractivity contribution in [1.29, 1.82) is 5.26 Å². The van der Waals surface area contributed by atoms with Crippen molar-refractivity contribution in [2.24, 2.45) is 0 Å². The van der Waals surface area contributed by atoms with Gasteiger partial charge in [0.25, 0.3) is 0 Å². The predicted molar refractivity (Wildman–Crippen MR) is 101 cm³/mol. The van der Waals surface area contributed by atoms with E-state index in [1.165, 1.54) is 4.90 Å². The molecule has 0 saturated carbocycles. The molecule has 8 nitrogen and oxygen atoms in total. The van der Waals surface area contributed by atoms with Gasteiger partial charge in [-0.05, 0) is 6.07 Å². The normalized spacial score (nSPS) is 15.0. The number of hydrogen-bond acceptors (Lipinski definition) is 6. The summed E-state index contributed by atoms with van der Waals surface area (Å²) in [6.45, 7) is 1.57. The van der Waals surface area contributed by atoms with Crippen molar-refractivity contribution in [3.63, 3.8) is 0 Å². The molecule has 0 spiro atoms. The second-order valence-electron chi connectivity index (χ2n) is 6.71. The van der Waals surface area contributed by atoms with E-state index in [4.69, 9.17) is 10.00 Å². The number of aromatic nitrogens is 3. The van der Waals surface area contributed by atoms with Crippen molar-refractivity contribution in [3.8, 4) is 6.07 Å². The van der Waals surface area contributed by atoms with Crippen LogP contribution in [-0.2, 0) is 4.74 Å². The molecule has 27 heavy (non-hydrogen) atoms. The molecule has 4 rings (SSSR count). The van der Waals surface area contributed by atoms with Crippen molar-refractivity contribution in [1.82, 2.24) is 19.9 Å². The van der Waals surface area contributed by atoms with Gasteiger partial charge in [-0.3, -0.25) is 9.88 Å². The summed E-state index contributed by atoms with van der Waals surface area (Å²) in [5, 5.41) is 11.9. The molecule has 4 heterocycles. The molecule has 8 heteroatoms. The lowest BCUT2D eigenvalue weighted by Crippen LogP contribution is -2.40. The maximum Gasteiger partial charge on any atom is 0.410 e. The molecule has 0 radical (unpaired) electrons. The van der Waals surface area contributed by atoms with Crippen molar-refractivity contribution < 1.29 is 9.53 Å². The summed E-state index contributed by atoms with van der Waals surface area (Å²) in [7, 11) is 1.57. The number of H-pyrrole nitrogens is 1. The molecule has 0 atom stereocenters. The van der Waals surface area contributed by atoms with Crippen LogP contribution in [0.15, 0.2) is 30.9 Å². The Balaban J connectivity index is 1.51. The maximum absolute atomic E-state index is 12.0. The molecule has 1 fully saturated rings. The Morgan fingerprint density at radius 3 is 3.00 bits per heavy atom. The van der Waals surface area contributed by atoms with Gasteiger partial charge >= 0.3 is 6.09 Å². The van der Waals surface area contributed by atoms with Crippen molar-refractivity contribution >= 4 is 33.6 Å². The van der Waals surface area contributed by atoms with E-state index in [-0.39, 0.29) is 12.6 Å². The zero-order chi connectivity index (χ0) is 18.8. The minimum absolute atomic E-state index is 0.0278. The summed E-state index contributed by atoms with van der Waals surface area (Å²) in [5.74, 6) is 0. The standard InChI is InChI=1S/C19H20N6O2/c1-24(9-5-20)19(26)27-14-3-7-25(8-4-14)16-12-21-10-13-11-23-18-15(17(13)16)2-6-22-18/h2,6,10-12,14H,3-4,7-9H2,1H3,(H,22,23). The smallest absolute Gasteiger partial charge is 0.410 e. The molecule has 0 unspecified atom stereocenters. The number of fused-ring (bicyclic) bond motifs is 3. The quantitative estimate of drug-likeness (QED) is 0.718. The Labute approximate surface area is 156 Å². The molecule has 3 aromatic rings.